The number of para-hydroxylation sites is 1. The highest BCUT2D eigenvalue weighted by Gasteiger charge is 2.41. The average molecular weight is 587 g/mol. The first-order chi connectivity index (χ1) is 20.3. The summed E-state index contributed by atoms with van der Waals surface area (Å²) in [5.74, 6) is -0.329. The van der Waals surface area contributed by atoms with Crippen LogP contribution in [0.4, 0.5) is 0 Å². The molecule has 2 bridgehead atoms. The van der Waals surface area contributed by atoms with Crippen LogP contribution in [0.1, 0.15) is 48.8 Å². The largest absolute Gasteiger partial charge is 0.494 e. The zero-order chi connectivity index (χ0) is 29.4. The molecule has 4 aromatic rings. The number of hydrogen-bond donors (Lipinski definition) is 1. The number of hydrogen-bond acceptors (Lipinski definition) is 7. The van der Waals surface area contributed by atoms with Crippen LogP contribution in [-0.2, 0) is 11.8 Å². The van der Waals surface area contributed by atoms with E-state index in [4.69, 9.17) is 4.74 Å². The van der Waals surface area contributed by atoms with Gasteiger partial charge in [-0.3, -0.25) is 19.1 Å². The van der Waals surface area contributed by atoms with Crippen molar-refractivity contribution in [1.29, 1.82) is 0 Å². The van der Waals surface area contributed by atoms with E-state index in [9.17, 15) is 14.4 Å². The SMILES string of the molecule is Cc1nc(C)c(C(=O)N2C[C@@H]3C(=O)NCCN(C(=O)c4nn(C)c5ccccc45)CCCOc4cccc(c4)[C@H]3C2)s1. The molecule has 0 aliphatic carbocycles. The van der Waals surface area contributed by atoms with Gasteiger partial charge in [-0.25, -0.2) is 4.98 Å². The summed E-state index contributed by atoms with van der Waals surface area (Å²) in [5.41, 5.74) is 2.96. The molecule has 0 unspecified atom stereocenters. The maximum absolute atomic E-state index is 13.7. The Balaban J connectivity index is 1.25. The number of thiazole rings is 1. The third-order valence-corrected chi connectivity index (χ3v) is 9.16. The highest BCUT2D eigenvalue weighted by molar-refractivity contribution is 7.13. The Morgan fingerprint density at radius 1 is 1.00 bits per heavy atom. The van der Waals surface area contributed by atoms with Gasteiger partial charge in [0.1, 0.15) is 10.6 Å². The number of nitrogens with one attached hydrogen (secondary N) is 1. The minimum atomic E-state index is -0.439. The number of amides is 3. The second kappa shape index (κ2) is 11.6. The van der Waals surface area contributed by atoms with Gasteiger partial charge in [-0.2, -0.15) is 5.10 Å². The monoisotopic (exact) mass is 586 g/mol. The van der Waals surface area contributed by atoms with Crippen molar-refractivity contribution in [1.82, 2.24) is 29.9 Å². The molecule has 11 heteroatoms. The molecule has 2 aromatic carbocycles. The maximum Gasteiger partial charge on any atom is 0.275 e. The maximum atomic E-state index is 13.7. The molecule has 3 amide bonds. The van der Waals surface area contributed by atoms with Gasteiger partial charge in [0.05, 0.1) is 28.7 Å². The molecule has 1 N–H and O–H groups in total. The van der Waals surface area contributed by atoms with Crippen LogP contribution in [-0.4, -0.2) is 81.6 Å². The van der Waals surface area contributed by atoms with Gasteiger partial charge in [0.2, 0.25) is 5.91 Å². The molecule has 1 saturated heterocycles. The predicted molar refractivity (Wildman–Crippen MR) is 160 cm³/mol. The Morgan fingerprint density at radius 3 is 2.62 bits per heavy atom. The predicted octanol–water partition coefficient (Wildman–Crippen LogP) is 3.54. The number of nitrogens with zero attached hydrogens (tertiary/aromatic N) is 5. The van der Waals surface area contributed by atoms with E-state index >= 15 is 0 Å². The normalized spacial score (nSPS) is 19.6. The second-order valence-electron chi connectivity index (χ2n) is 10.9. The summed E-state index contributed by atoms with van der Waals surface area (Å²) >= 11 is 1.39. The minimum absolute atomic E-state index is 0.0944. The Bertz CT molecular complexity index is 1660. The van der Waals surface area contributed by atoms with Crippen molar-refractivity contribution in [3.63, 3.8) is 0 Å². The van der Waals surface area contributed by atoms with Crippen molar-refractivity contribution in [2.45, 2.75) is 26.2 Å². The first kappa shape index (κ1) is 27.9. The summed E-state index contributed by atoms with van der Waals surface area (Å²) in [6, 6.07) is 15.5. The van der Waals surface area contributed by atoms with Crippen LogP contribution in [0, 0.1) is 19.8 Å². The highest BCUT2D eigenvalue weighted by atomic mass is 32.1. The quantitative estimate of drug-likeness (QED) is 0.385. The molecule has 0 radical (unpaired) electrons. The molecule has 2 aliphatic heterocycles. The lowest BCUT2D eigenvalue weighted by molar-refractivity contribution is -0.125. The van der Waals surface area contributed by atoms with Gasteiger partial charge in [0.15, 0.2) is 5.69 Å². The molecule has 218 valence electrons. The van der Waals surface area contributed by atoms with E-state index in [-0.39, 0.29) is 23.6 Å². The van der Waals surface area contributed by atoms with Gasteiger partial charge >= 0.3 is 0 Å². The van der Waals surface area contributed by atoms with Gasteiger partial charge < -0.3 is 19.9 Å². The summed E-state index contributed by atoms with van der Waals surface area (Å²) in [5, 5.41) is 9.23. The fraction of sp³-hybridized carbons (Fsp3) is 0.387. The van der Waals surface area contributed by atoms with Crippen LogP contribution >= 0.6 is 11.3 Å². The Morgan fingerprint density at radius 2 is 1.81 bits per heavy atom. The van der Waals surface area contributed by atoms with Crippen molar-refractivity contribution in [2.24, 2.45) is 13.0 Å². The van der Waals surface area contributed by atoms with E-state index in [0.29, 0.717) is 67.8 Å². The highest BCUT2D eigenvalue weighted by Crippen LogP contribution is 2.36. The molecule has 2 aromatic heterocycles. The van der Waals surface area contributed by atoms with Gasteiger partial charge in [0.25, 0.3) is 11.8 Å². The van der Waals surface area contributed by atoms with Crippen molar-refractivity contribution in [3.05, 3.63) is 75.4 Å². The van der Waals surface area contributed by atoms with Crippen LogP contribution in [0.3, 0.4) is 0 Å². The Kier molecular flexibility index (Phi) is 7.68. The van der Waals surface area contributed by atoms with E-state index in [1.807, 2.05) is 69.4 Å². The fourth-order valence-electron chi connectivity index (χ4n) is 6.01. The summed E-state index contributed by atoms with van der Waals surface area (Å²) in [7, 11) is 1.83. The van der Waals surface area contributed by atoms with E-state index < -0.39 is 5.92 Å². The van der Waals surface area contributed by atoms with Gasteiger partial charge in [-0.15, -0.1) is 11.3 Å². The number of aromatic nitrogens is 3. The van der Waals surface area contributed by atoms with Crippen molar-refractivity contribution < 1.29 is 19.1 Å². The Hall–Kier alpha value is -4.25. The van der Waals surface area contributed by atoms with Gasteiger partial charge in [-0.05, 0) is 44.0 Å². The molecule has 42 heavy (non-hydrogen) atoms. The topological polar surface area (TPSA) is 110 Å². The molecule has 10 nitrogen and oxygen atoms in total. The van der Waals surface area contributed by atoms with Crippen molar-refractivity contribution in [3.8, 4) is 5.75 Å². The number of carbonyl (C=O) groups excluding carboxylic acids is 3. The number of benzene rings is 2. The van der Waals surface area contributed by atoms with Crippen LogP contribution in [0.25, 0.3) is 10.9 Å². The molecule has 2 atom stereocenters. The van der Waals surface area contributed by atoms with Crippen LogP contribution in [0.2, 0.25) is 0 Å². The number of rotatable bonds is 2. The number of likely N-dealkylation sites (tertiary alicyclic amines) is 1. The third kappa shape index (κ3) is 5.36. The van der Waals surface area contributed by atoms with Gasteiger partial charge in [-0.1, -0.05) is 30.3 Å². The number of aryl methyl sites for hydroxylation is 3. The summed E-state index contributed by atoms with van der Waals surface area (Å²) in [6.45, 7) is 5.98. The smallest absolute Gasteiger partial charge is 0.275 e. The molecule has 0 saturated carbocycles. The first-order valence-corrected chi connectivity index (χ1v) is 15.1. The summed E-state index contributed by atoms with van der Waals surface area (Å²) in [4.78, 5) is 49.4. The lowest BCUT2D eigenvalue weighted by atomic mass is 9.88. The van der Waals surface area contributed by atoms with Crippen molar-refractivity contribution in [2.75, 3.05) is 39.3 Å². The first-order valence-electron chi connectivity index (χ1n) is 14.2. The molecule has 2 aliphatic rings. The zero-order valence-corrected chi connectivity index (χ0v) is 24.8. The van der Waals surface area contributed by atoms with Crippen LogP contribution in [0.15, 0.2) is 48.5 Å². The summed E-state index contributed by atoms with van der Waals surface area (Å²) in [6.07, 6.45) is 0.622. The van der Waals surface area contributed by atoms with E-state index in [1.54, 1.807) is 14.5 Å². The molecule has 1 fully saturated rings. The second-order valence-corrected chi connectivity index (χ2v) is 12.1. The molecule has 0 spiro atoms. The standard InChI is InChI=1S/C31H34N6O4S/c1-19-28(42-20(2)33-19)31(40)37-17-24-21-8-6-9-22(16-21)41-15-7-13-36(14-12-32-29(38)25(24)18-37)30(39)27-23-10-4-5-11-26(23)35(3)34-27/h4-6,8-11,16,24-25H,7,12-15,17-18H2,1-3H3,(H,32,38)/t24-,25+/m1/s1. The minimum Gasteiger partial charge on any atom is -0.494 e. The number of ether oxygens (including phenoxy) is 1. The van der Waals surface area contributed by atoms with Crippen molar-refractivity contribution >= 4 is 40.0 Å². The van der Waals surface area contributed by atoms with E-state index in [0.717, 1.165) is 21.5 Å². The molecule has 6 rings (SSSR count). The number of carbonyl (C=O) groups is 3. The lowest BCUT2D eigenvalue weighted by Gasteiger charge is -2.24. The molecular formula is C31H34N6O4S. The zero-order valence-electron chi connectivity index (χ0n) is 24.0. The van der Waals surface area contributed by atoms with E-state index in [2.05, 4.69) is 15.4 Å². The third-order valence-electron chi connectivity index (χ3n) is 8.10. The molecule has 4 heterocycles. The number of fused-ring (bicyclic) bond motifs is 5. The van der Waals surface area contributed by atoms with E-state index in [1.165, 1.54) is 11.3 Å². The average Bonchev–Trinajstić information content (AvgIpc) is 3.68. The van der Waals surface area contributed by atoms with Crippen LogP contribution in [0.5, 0.6) is 5.75 Å². The Labute approximate surface area is 248 Å². The lowest BCUT2D eigenvalue weighted by Crippen LogP contribution is -2.42. The fourth-order valence-corrected chi connectivity index (χ4v) is 6.90. The van der Waals surface area contributed by atoms with Gasteiger partial charge in [0, 0.05) is 51.1 Å². The van der Waals surface area contributed by atoms with Crippen LogP contribution < -0.4 is 10.1 Å². The molecular weight excluding hydrogens is 552 g/mol. The summed E-state index contributed by atoms with van der Waals surface area (Å²) < 4.78 is 7.81.